The normalized spacial score (nSPS) is 20.1. The van der Waals surface area contributed by atoms with Gasteiger partial charge in [-0.2, -0.15) is 5.06 Å². The lowest BCUT2D eigenvalue weighted by molar-refractivity contribution is -0.0941. The molecule has 0 atom stereocenters. The third-order valence-electron chi connectivity index (χ3n) is 0.818. The van der Waals surface area contributed by atoms with Gasteiger partial charge in [0, 0.05) is 6.54 Å². The summed E-state index contributed by atoms with van der Waals surface area (Å²) < 4.78 is 0. The Hall–Kier alpha value is -0.770. The largest absolute Gasteiger partial charge is 0.343 e. The van der Waals surface area contributed by atoms with E-state index < -0.39 is 6.03 Å². The van der Waals surface area contributed by atoms with Crippen molar-refractivity contribution in [3.05, 3.63) is 0 Å². The monoisotopic (exact) mass is 101 g/mol. The molecule has 4 nitrogen and oxygen atoms in total. The van der Waals surface area contributed by atoms with Crippen LogP contribution >= 0.6 is 0 Å². The van der Waals surface area contributed by atoms with Gasteiger partial charge in [-0.15, -0.1) is 0 Å². The Morgan fingerprint density at radius 2 is 2.43 bits per heavy atom. The molecule has 1 aliphatic heterocycles. The Morgan fingerprint density at radius 1 is 1.71 bits per heavy atom. The van der Waals surface area contributed by atoms with Crippen LogP contribution in [0.2, 0.25) is 0 Å². The summed E-state index contributed by atoms with van der Waals surface area (Å²) in [6.07, 6.45) is 0. The van der Waals surface area contributed by atoms with Crippen molar-refractivity contribution in [2.75, 3.05) is 13.1 Å². The van der Waals surface area contributed by atoms with Crippen molar-refractivity contribution in [3.8, 4) is 0 Å². The number of rotatable bonds is 0. The molecule has 1 heterocycles. The van der Waals surface area contributed by atoms with E-state index in [1.165, 1.54) is 0 Å². The van der Waals surface area contributed by atoms with E-state index in [-0.39, 0.29) is 0 Å². The molecule has 0 unspecified atom stereocenters. The van der Waals surface area contributed by atoms with Crippen LogP contribution in [0.25, 0.3) is 0 Å². The summed E-state index contributed by atoms with van der Waals surface area (Å²) in [7, 11) is 0. The topological polar surface area (TPSA) is 52.2 Å². The maximum absolute atomic E-state index is 10.1. The molecule has 2 amide bonds. The fourth-order valence-corrected chi connectivity index (χ4v) is 0.454. The van der Waals surface area contributed by atoms with Gasteiger partial charge in [0.25, 0.3) is 0 Å². The number of amides is 2. The van der Waals surface area contributed by atoms with E-state index in [4.69, 9.17) is 0 Å². The van der Waals surface area contributed by atoms with Gasteiger partial charge in [-0.05, 0) is 0 Å². The molecule has 7 heavy (non-hydrogen) atoms. The Balaban J connectivity index is 2.48. The maximum Gasteiger partial charge on any atom is 0.343 e. The molecule has 1 fully saturated rings. The Kier molecular flexibility index (Phi) is 0.867. The van der Waals surface area contributed by atoms with Gasteiger partial charge >= 0.3 is 6.03 Å². The zero-order valence-corrected chi connectivity index (χ0v) is 3.68. The summed E-state index contributed by atoms with van der Waals surface area (Å²) in [5.74, 6) is 0. The van der Waals surface area contributed by atoms with Gasteiger partial charge in [-0.3, -0.25) is 0 Å². The molecule has 1 saturated heterocycles. The molecule has 0 aromatic carbocycles. The number of carbonyl (C=O) groups is 1. The number of urea groups is 1. The molecule has 1 rings (SSSR count). The molecule has 1 radical (unpaired) electrons. The quantitative estimate of drug-likeness (QED) is 0.433. The van der Waals surface area contributed by atoms with E-state index in [1.54, 1.807) is 0 Å². The minimum Gasteiger partial charge on any atom is -0.334 e. The van der Waals surface area contributed by atoms with Crippen LogP contribution in [0.3, 0.4) is 0 Å². The van der Waals surface area contributed by atoms with Crippen molar-refractivity contribution in [1.82, 2.24) is 10.4 Å². The van der Waals surface area contributed by atoms with Crippen LogP contribution in [0, 0.1) is 0 Å². The first-order valence-electron chi connectivity index (χ1n) is 2.03. The van der Waals surface area contributed by atoms with Gasteiger partial charge in [-0.1, -0.05) is 5.21 Å². The van der Waals surface area contributed by atoms with Crippen LogP contribution in [0.5, 0.6) is 0 Å². The summed E-state index contributed by atoms with van der Waals surface area (Å²) in [6, 6.07) is -0.514. The van der Waals surface area contributed by atoms with Crippen LogP contribution in [0.4, 0.5) is 4.79 Å². The zero-order chi connectivity index (χ0) is 5.28. The molecule has 39 valence electrons. The third-order valence-corrected chi connectivity index (χ3v) is 0.818. The van der Waals surface area contributed by atoms with Crippen molar-refractivity contribution in [3.63, 3.8) is 0 Å². The smallest absolute Gasteiger partial charge is 0.334 e. The van der Waals surface area contributed by atoms with Gasteiger partial charge in [0.1, 0.15) is 0 Å². The molecular formula is C3H5N2O2. The molecule has 0 spiro atoms. The predicted octanol–water partition coefficient (Wildman–Crippen LogP) is -0.643. The van der Waals surface area contributed by atoms with E-state index >= 15 is 0 Å². The molecule has 0 aromatic heterocycles. The van der Waals surface area contributed by atoms with E-state index in [2.05, 4.69) is 5.32 Å². The highest BCUT2D eigenvalue weighted by molar-refractivity contribution is 5.74. The number of nitrogens with zero attached hydrogens (tertiary/aromatic N) is 1. The average Bonchev–Trinajstić information content (AvgIpc) is 1.91. The van der Waals surface area contributed by atoms with Gasteiger partial charge in [0.05, 0.1) is 6.54 Å². The van der Waals surface area contributed by atoms with Crippen molar-refractivity contribution in [2.45, 2.75) is 0 Å². The van der Waals surface area contributed by atoms with Crippen LogP contribution in [0.1, 0.15) is 0 Å². The van der Waals surface area contributed by atoms with Crippen molar-refractivity contribution in [2.24, 2.45) is 0 Å². The van der Waals surface area contributed by atoms with Gasteiger partial charge in [0.15, 0.2) is 0 Å². The molecule has 0 aliphatic carbocycles. The van der Waals surface area contributed by atoms with E-state index in [9.17, 15) is 10.0 Å². The second kappa shape index (κ2) is 1.38. The Labute approximate surface area is 40.7 Å². The van der Waals surface area contributed by atoms with Gasteiger partial charge in [0.2, 0.25) is 0 Å². The zero-order valence-electron chi connectivity index (χ0n) is 3.68. The SMILES string of the molecule is [O]N1CCNC1=O. The lowest BCUT2D eigenvalue weighted by atomic mass is 10.7. The first-order valence-corrected chi connectivity index (χ1v) is 2.03. The highest BCUT2D eigenvalue weighted by atomic mass is 16.5. The number of hydrogen-bond acceptors (Lipinski definition) is 1. The highest BCUT2D eigenvalue weighted by Gasteiger charge is 2.17. The van der Waals surface area contributed by atoms with Crippen LogP contribution in [0.15, 0.2) is 0 Å². The van der Waals surface area contributed by atoms with Crippen LogP contribution in [-0.2, 0) is 5.21 Å². The third kappa shape index (κ3) is 0.640. The summed E-state index contributed by atoms with van der Waals surface area (Å²) in [4.78, 5) is 10.1. The average molecular weight is 101 g/mol. The number of hydroxylamine groups is 2. The highest BCUT2D eigenvalue weighted by Crippen LogP contribution is 1.88. The molecule has 1 N–H and O–H groups in total. The fraction of sp³-hybridized carbons (Fsp3) is 0.667. The fourth-order valence-electron chi connectivity index (χ4n) is 0.454. The molecular weight excluding hydrogens is 96.0 g/mol. The van der Waals surface area contributed by atoms with Crippen LogP contribution < -0.4 is 5.32 Å². The van der Waals surface area contributed by atoms with E-state index in [1.807, 2.05) is 0 Å². The molecule has 0 bridgehead atoms. The number of carbonyl (C=O) groups excluding carboxylic acids is 1. The second-order valence-corrected chi connectivity index (χ2v) is 1.33. The van der Waals surface area contributed by atoms with E-state index in [0.717, 1.165) is 0 Å². The van der Waals surface area contributed by atoms with Gasteiger partial charge < -0.3 is 5.32 Å². The Morgan fingerprint density at radius 3 is 2.57 bits per heavy atom. The summed E-state index contributed by atoms with van der Waals surface area (Å²) in [5.41, 5.74) is 0. The molecule has 4 heteroatoms. The molecule has 0 saturated carbocycles. The summed E-state index contributed by atoms with van der Waals surface area (Å²) in [5, 5.41) is 12.8. The predicted molar refractivity (Wildman–Crippen MR) is 20.8 cm³/mol. The minimum absolute atomic E-state index is 0.291. The molecule has 1 aliphatic rings. The lowest BCUT2D eigenvalue weighted by Gasteiger charge is -1.94. The van der Waals surface area contributed by atoms with Gasteiger partial charge in [-0.25, -0.2) is 4.79 Å². The van der Waals surface area contributed by atoms with Crippen molar-refractivity contribution in [1.29, 1.82) is 0 Å². The van der Waals surface area contributed by atoms with Crippen molar-refractivity contribution >= 4 is 6.03 Å². The second-order valence-electron chi connectivity index (χ2n) is 1.33. The van der Waals surface area contributed by atoms with E-state index in [0.29, 0.717) is 18.2 Å². The van der Waals surface area contributed by atoms with Crippen molar-refractivity contribution < 1.29 is 10.0 Å². The lowest BCUT2D eigenvalue weighted by Crippen LogP contribution is -2.22. The minimum atomic E-state index is -0.514. The van der Waals surface area contributed by atoms with Crippen LogP contribution in [-0.4, -0.2) is 24.2 Å². The summed E-state index contributed by atoms with van der Waals surface area (Å²) >= 11 is 0. The number of nitrogens with one attached hydrogen (secondary N) is 1. The number of hydrogen-bond donors (Lipinski definition) is 1. The first-order chi connectivity index (χ1) is 3.30. The maximum atomic E-state index is 10.1. The Bertz CT molecular complexity index is 92.9. The standard InChI is InChI=1S/C3H5N2O2/c6-3-4-1-2-5(3)7/h1-2H2,(H,4,6). The summed E-state index contributed by atoms with van der Waals surface area (Å²) in [6.45, 7) is 0.779. The molecule has 0 aromatic rings. The first kappa shape index (κ1) is 4.39.